The van der Waals surface area contributed by atoms with E-state index < -0.39 is 23.8 Å². The number of aryl methyl sites for hydroxylation is 1. The third-order valence-electron chi connectivity index (χ3n) is 6.82. The summed E-state index contributed by atoms with van der Waals surface area (Å²) in [5, 5.41) is 14.8. The maximum atomic E-state index is 13.1. The first kappa shape index (κ1) is 30.7. The Morgan fingerprint density at radius 1 is 0.860 bits per heavy atom. The highest BCUT2D eigenvalue weighted by atomic mass is 16.4. The van der Waals surface area contributed by atoms with Crippen molar-refractivity contribution in [2.45, 2.75) is 31.7 Å². The summed E-state index contributed by atoms with van der Waals surface area (Å²) in [5.41, 5.74) is 2.54. The molecule has 0 aliphatic carbocycles. The van der Waals surface area contributed by atoms with Gasteiger partial charge in [0.15, 0.2) is 11.5 Å². The summed E-state index contributed by atoms with van der Waals surface area (Å²) < 4.78 is 6.00. The number of hydrogen-bond acceptors (Lipinski definition) is 6. The van der Waals surface area contributed by atoms with E-state index in [4.69, 9.17) is 4.42 Å². The number of carboxylic acid groups (broad SMARTS) is 1. The van der Waals surface area contributed by atoms with Crippen LogP contribution in [-0.4, -0.2) is 64.9 Å². The summed E-state index contributed by atoms with van der Waals surface area (Å²) >= 11 is 0. The van der Waals surface area contributed by atoms with E-state index in [1.54, 1.807) is 7.05 Å². The molecule has 10 nitrogen and oxygen atoms in total. The highest BCUT2D eigenvalue weighted by Gasteiger charge is 2.24. The lowest BCUT2D eigenvalue weighted by Crippen LogP contribution is -2.42. The number of nitrogens with zero attached hydrogens (tertiary/aromatic N) is 2. The number of nitrogens with one attached hydrogen (secondary N) is 2. The first-order valence-corrected chi connectivity index (χ1v) is 14.0. The van der Waals surface area contributed by atoms with Crippen molar-refractivity contribution in [2.24, 2.45) is 0 Å². The molecule has 0 saturated heterocycles. The van der Waals surface area contributed by atoms with E-state index in [1.165, 1.54) is 4.90 Å². The van der Waals surface area contributed by atoms with Gasteiger partial charge in [-0.1, -0.05) is 78.9 Å². The summed E-state index contributed by atoms with van der Waals surface area (Å²) in [4.78, 5) is 55.7. The van der Waals surface area contributed by atoms with Crippen LogP contribution in [0, 0.1) is 0 Å². The van der Waals surface area contributed by atoms with Gasteiger partial charge in [-0.15, -0.1) is 0 Å². The van der Waals surface area contributed by atoms with Crippen molar-refractivity contribution in [3.05, 3.63) is 102 Å². The van der Waals surface area contributed by atoms with Crippen molar-refractivity contribution in [1.29, 1.82) is 0 Å². The fraction of sp³-hybridized carbons (Fsp3) is 0.242. The highest BCUT2D eigenvalue weighted by molar-refractivity contribution is 5.98. The summed E-state index contributed by atoms with van der Waals surface area (Å²) in [7, 11) is 1.57. The molecular weight excluding hydrogens is 548 g/mol. The van der Waals surface area contributed by atoms with E-state index in [1.807, 2.05) is 91.0 Å². The van der Waals surface area contributed by atoms with Crippen LogP contribution in [0.5, 0.6) is 0 Å². The number of rotatable bonds is 14. The molecule has 0 bridgehead atoms. The molecule has 4 rings (SSSR count). The van der Waals surface area contributed by atoms with Crippen molar-refractivity contribution in [2.75, 3.05) is 20.1 Å². The predicted octanol–water partition coefficient (Wildman–Crippen LogP) is 4.18. The minimum atomic E-state index is -1.20. The van der Waals surface area contributed by atoms with Crippen molar-refractivity contribution in [3.8, 4) is 22.8 Å². The van der Waals surface area contributed by atoms with Crippen LogP contribution < -0.4 is 10.6 Å². The predicted molar refractivity (Wildman–Crippen MR) is 161 cm³/mol. The Balaban J connectivity index is 1.28. The van der Waals surface area contributed by atoms with Crippen LogP contribution in [0.15, 0.2) is 95.4 Å². The number of carbonyl (C=O) groups is 4. The molecule has 0 aliphatic heterocycles. The number of oxazole rings is 1. The van der Waals surface area contributed by atoms with Crippen LogP contribution in [0.25, 0.3) is 22.8 Å². The SMILES string of the molecule is CN(CCNC(=O)c1nc(-c2ccccc2)oc1-c1ccccc1)C(=O)CCC(NC(=O)CCc1ccccc1)C(=O)O. The lowest BCUT2D eigenvalue weighted by atomic mass is 10.1. The fourth-order valence-electron chi connectivity index (χ4n) is 4.39. The van der Waals surface area contributed by atoms with Gasteiger partial charge in [-0.3, -0.25) is 14.4 Å². The number of benzene rings is 3. The molecule has 0 saturated carbocycles. The van der Waals surface area contributed by atoms with Gasteiger partial charge in [0.05, 0.1) is 0 Å². The average molecular weight is 583 g/mol. The lowest BCUT2D eigenvalue weighted by molar-refractivity contribution is -0.142. The molecule has 3 aromatic carbocycles. The van der Waals surface area contributed by atoms with E-state index in [2.05, 4.69) is 15.6 Å². The molecule has 0 radical (unpaired) electrons. The summed E-state index contributed by atoms with van der Waals surface area (Å²) in [5.74, 6) is -1.69. The van der Waals surface area contributed by atoms with Crippen molar-refractivity contribution in [3.63, 3.8) is 0 Å². The molecule has 0 fully saturated rings. The Bertz CT molecular complexity index is 1520. The van der Waals surface area contributed by atoms with Crippen LogP contribution in [0.2, 0.25) is 0 Å². The Morgan fingerprint density at radius 3 is 2.09 bits per heavy atom. The van der Waals surface area contributed by atoms with Crippen LogP contribution in [-0.2, 0) is 20.8 Å². The minimum absolute atomic E-state index is 0.0520. The summed E-state index contributed by atoms with van der Waals surface area (Å²) in [6.45, 7) is 0.331. The maximum Gasteiger partial charge on any atom is 0.326 e. The van der Waals surface area contributed by atoms with Gasteiger partial charge >= 0.3 is 5.97 Å². The van der Waals surface area contributed by atoms with E-state index in [-0.39, 0.29) is 44.0 Å². The molecule has 0 aliphatic rings. The van der Waals surface area contributed by atoms with Gasteiger partial charge in [0.25, 0.3) is 5.91 Å². The Kier molecular flexibility index (Phi) is 10.8. The average Bonchev–Trinajstić information content (AvgIpc) is 3.49. The Morgan fingerprint density at radius 2 is 1.47 bits per heavy atom. The Labute approximate surface area is 249 Å². The number of carbonyl (C=O) groups excluding carboxylic acids is 3. The van der Waals surface area contributed by atoms with E-state index in [0.29, 0.717) is 23.6 Å². The van der Waals surface area contributed by atoms with Crippen molar-refractivity contribution in [1.82, 2.24) is 20.5 Å². The van der Waals surface area contributed by atoms with Gasteiger partial charge in [0, 0.05) is 44.1 Å². The normalized spacial score (nSPS) is 11.4. The number of carboxylic acids is 1. The van der Waals surface area contributed by atoms with Gasteiger partial charge in [-0.2, -0.15) is 0 Å². The van der Waals surface area contributed by atoms with Gasteiger partial charge in [-0.05, 0) is 30.5 Å². The number of likely N-dealkylation sites (N-methyl/N-ethyl adjacent to an activating group) is 1. The molecule has 43 heavy (non-hydrogen) atoms. The zero-order chi connectivity index (χ0) is 30.6. The van der Waals surface area contributed by atoms with Crippen LogP contribution in [0.3, 0.4) is 0 Å². The van der Waals surface area contributed by atoms with E-state index in [9.17, 15) is 24.3 Å². The van der Waals surface area contributed by atoms with Gasteiger partial charge in [0.1, 0.15) is 6.04 Å². The molecule has 3 N–H and O–H groups in total. The van der Waals surface area contributed by atoms with Gasteiger partial charge in [-0.25, -0.2) is 9.78 Å². The monoisotopic (exact) mass is 582 g/mol. The summed E-state index contributed by atoms with van der Waals surface area (Å²) in [6.07, 6.45) is 0.499. The number of aromatic nitrogens is 1. The van der Waals surface area contributed by atoms with Crippen molar-refractivity contribution >= 4 is 23.7 Å². The standard InChI is InChI=1S/C33H34N4O6/c1-37(28(39)20-18-26(33(41)42)35-27(38)19-17-23-11-5-2-6-12-23)22-21-34-31(40)29-30(24-13-7-3-8-14-24)43-32(36-29)25-15-9-4-10-16-25/h2-16,26H,17-22H2,1H3,(H,34,40)(H,35,38)(H,41,42). The lowest BCUT2D eigenvalue weighted by Gasteiger charge is -2.19. The molecule has 0 spiro atoms. The van der Waals surface area contributed by atoms with E-state index in [0.717, 1.165) is 11.1 Å². The van der Waals surface area contributed by atoms with Gasteiger partial charge in [0.2, 0.25) is 17.7 Å². The van der Waals surface area contributed by atoms with Crippen molar-refractivity contribution < 1.29 is 28.7 Å². The topological polar surface area (TPSA) is 142 Å². The second-order valence-electron chi connectivity index (χ2n) is 9.98. The maximum absolute atomic E-state index is 13.1. The molecule has 1 atom stereocenters. The Hall–Kier alpha value is -5.25. The van der Waals surface area contributed by atoms with Crippen LogP contribution in [0.1, 0.15) is 35.3 Å². The molecule has 222 valence electrons. The second kappa shape index (κ2) is 15.1. The minimum Gasteiger partial charge on any atom is -0.480 e. The molecule has 10 heteroatoms. The molecular formula is C33H34N4O6. The highest BCUT2D eigenvalue weighted by Crippen LogP contribution is 2.29. The molecule has 1 aromatic heterocycles. The smallest absolute Gasteiger partial charge is 0.326 e. The molecule has 4 aromatic rings. The number of amides is 3. The first-order valence-electron chi connectivity index (χ1n) is 14.0. The second-order valence-corrected chi connectivity index (χ2v) is 9.98. The van der Waals surface area contributed by atoms with Crippen LogP contribution in [0.4, 0.5) is 0 Å². The largest absolute Gasteiger partial charge is 0.480 e. The third-order valence-corrected chi connectivity index (χ3v) is 6.82. The molecule has 1 heterocycles. The first-order chi connectivity index (χ1) is 20.8. The quantitative estimate of drug-likeness (QED) is 0.203. The molecule has 3 amide bonds. The zero-order valence-corrected chi connectivity index (χ0v) is 23.9. The summed E-state index contributed by atoms with van der Waals surface area (Å²) in [6, 6.07) is 26.7. The van der Waals surface area contributed by atoms with Gasteiger partial charge < -0.3 is 25.1 Å². The fourth-order valence-corrected chi connectivity index (χ4v) is 4.39. The number of aliphatic carboxylic acids is 1. The number of hydrogen-bond donors (Lipinski definition) is 3. The zero-order valence-electron chi connectivity index (χ0n) is 23.9. The third kappa shape index (κ3) is 8.87. The van der Waals surface area contributed by atoms with Crippen LogP contribution >= 0.6 is 0 Å². The van der Waals surface area contributed by atoms with E-state index >= 15 is 0 Å². The molecule has 1 unspecified atom stereocenters.